The van der Waals surface area contributed by atoms with Crippen LogP contribution in [0.25, 0.3) is 0 Å². The first-order valence-corrected chi connectivity index (χ1v) is 12.2. The maximum atomic E-state index is 12.5. The lowest BCUT2D eigenvalue weighted by Crippen LogP contribution is -2.46. The Labute approximate surface area is 200 Å². The number of aryl methyl sites for hydroxylation is 1. The summed E-state index contributed by atoms with van der Waals surface area (Å²) in [6.07, 6.45) is 0. The van der Waals surface area contributed by atoms with Gasteiger partial charge in [-0.05, 0) is 36.6 Å². The van der Waals surface area contributed by atoms with E-state index in [-0.39, 0.29) is 17.4 Å². The molecule has 0 aliphatic rings. The number of nitrogens with zero attached hydrogens (tertiary/aromatic N) is 1. The third-order valence-electron chi connectivity index (χ3n) is 5.07. The van der Waals surface area contributed by atoms with Crippen LogP contribution in [0.5, 0.6) is 0 Å². The second kappa shape index (κ2) is 11.8. The zero-order valence-corrected chi connectivity index (χ0v) is 20.8. The van der Waals surface area contributed by atoms with Crippen LogP contribution in [-0.2, 0) is 30.9 Å². The number of nitrogens with one attached hydrogen (secondary N) is 2. The lowest BCUT2D eigenvalue weighted by Gasteiger charge is -2.21. The number of sulfonamides is 1. The largest absolute Gasteiger partial charge is 0.454 e. The number of esters is 1. The lowest BCUT2D eigenvalue weighted by atomic mass is 10.0. The molecule has 0 fully saturated rings. The Hall–Kier alpha value is -3.24. The van der Waals surface area contributed by atoms with Crippen LogP contribution < -0.4 is 10.6 Å². The topological polar surface area (TPSA) is 122 Å². The zero-order valence-electron chi connectivity index (χ0n) is 20.0. The molecule has 2 aromatic carbocycles. The fraction of sp³-hybridized carbons (Fsp3) is 0.375. The predicted octanol–water partition coefficient (Wildman–Crippen LogP) is 1.86. The fourth-order valence-corrected chi connectivity index (χ4v) is 4.11. The van der Waals surface area contributed by atoms with Crippen LogP contribution in [0.4, 0.5) is 0 Å². The molecule has 9 nitrogen and oxygen atoms in total. The molecule has 34 heavy (non-hydrogen) atoms. The minimum Gasteiger partial charge on any atom is -0.454 e. The van der Waals surface area contributed by atoms with Gasteiger partial charge in [-0.2, -0.15) is 0 Å². The van der Waals surface area contributed by atoms with E-state index in [0.717, 1.165) is 9.87 Å². The third-order valence-corrected chi connectivity index (χ3v) is 6.99. The quantitative estimate of drug-likeness (QED) is 0.491. The van der Waals surface area contributed by atoms with Crippen LogP contribution in [0, 0.1) is 12.8 Å². The summed E-state index contributed by atoms with van der Waals surface area (Å²) in [6, 6.07) is 12.3. The van der Waals surface area contributed by atoms with Crippen molar-refractivity contribution < 1.29 is 27.5 Å². The van der Waals surface area contributed by atoms with Crippen molar-refractivity contribution >= 4 is 27.8 Å². The van der Waals surface area contributed by atoms with E-state index in [1.165, 1.54) is 20.2 Å². The van der Waals surface area contributed by atoms with Gasteiger partial charge in [0.05, 0.1) is 4.90 Å². The number of carbonyl (C=O) groups is 3. The van der Waals surface area contributed by atoms with Crippen LogP contribution in [0.3, 0.4) is 0 Å². The molecule has 2 rings (SSSR count). The highest BCUT2D eigenvalue weighted by molar-refractivity contribution is 7.89. The monoisotopic (exact) mass is 489 g/mol. The smallest absolute Gasteiger partial charge is 0.329 e. The molecule has 0 aliphatic carbocycles. The van der Waals surface area contributed by atoms with Crippen LogP contribution in [0.2, 0.25) is 0 Å². The maximum Gasteiger partial charge on any atom is 0.329 e. The molecule has 0 heterocycles. The highest BCUT2D eigenvalue weighted by Crippen LogP contribution is 2.18. The molecule has 0 saturated carbocycles. The summed E-state index contributed by atoms with van der Waals surface area (Å²) in [7, 11) is -0.835. The van der Waals surface area contributed by atoms with E-state index in [0.29, 0.717) is 11.1 Å². The first-order valence-electron chi connectivity index (χ1n) is 10.7. The summed E-state index contributed by atoms with van der Waals surface area (Å²) in [6.45, 7) is 4.79. The van der Waals surface area contributed by atoms with E-state index in [1.54, 1.807) is 56.3 Å². The van der Waals surface area contributed by atoms with Gasteiger partial charge in [0.25, 0.3) is 11.8 Å². The van der Waals surface area contributed by atoms with Crippen molar-refractivity contribution in [1.82, 2.24) is 14.9 Å². The molecule has 0 spiro atoms. The van der Waals surface area contributed by atoms with Crippen LogP contribution >= 0.6 is 0 Å². The second-order valence-electron chi connectivity index (χ2n) is 8.34. The minimum absolute atomic E-state index is 0.0581. The molecular weight excluding hydrogens is 458 g/mol. The Bertz CT molecular complexity index is 1130. The average molecular weight is 490 g/mol. The van der Waals surface area contributed by atoms with E-state index in [9.17, 15) is 22.8 Å². The highest BCUT2D eigenvalue weighted by Gasteiger charge is 2.27. The Kier molecular flexibility index (Phi) is 9.34. The van der Waals surface area contributed by atoms with Gasteiger partial charge < -0.3 is 15.4 Å². The second-order valence-corrected chi connectivity index (χ2v) is 10.5. The van der Waals surface area contributed by atoms with Crippen molar-refractivity contribution in [3.8, 4) is 0 Å². The van der Waals surface area contributed by atoms with Gasteiger partial charge in [0.2, 0.25) is 10.0 Å². The number of carbonyl (C=O) groups excluding carboxylic acids is 3. The van der Waals surface area contributed by atoms with Gasteiger partial charge in [0, 0.05) is 26.2 Å². The first-order chi connectivity index (χ1) is 15.9. The molecule has 0 radical (unpaired) electrons. The molecule has 0 bridgehead atoms. The SMILES string of the molecule is Cc1ccc(C(=O)N[C@H](C(=O)OCC(=O)NCc2ccccc2S(=O)(=O)N(C)C)C(C)C)cc1. The molecule has 0 aliphatic heterocycles. The number of rotatable bonds is 10. The summed E-state index contributed by atoms with van der Waals surface area (Å²) in [5, 5.41) is 5.21. The van der Waals surface area contributed by atoms with Crippen molar-refractivity contribution in [2.45, 2.75) is 38.3 Å². The van der Waals surface area contributed by atoms with Gasteiger partial charge in [0.15, 0.2) is 6.61 Å². The Morgan fingerprint density at radius 3 is 2.21 bits per heavy atom. The molecule has 0 aromatic heterocycles. The van der Waals surface area contributed by atoms with Gasteiger partial charge in [-0.1, -0.05) is 49.7 Å². The Morgan fingerprint density at radius 1 is 1.00 bits per heavy atom. The van der Waals surface area contributed by atoms with E-state index in [1.807, 2.05) is 6.92 Å². The van der Waals surface area contributed by atoms with Crippen molar-refractivity contribution in [3.63, 3.8) is 0 Å². The molecule has 1 atom stereocenters. The van der Waals surface area contributed by atoms with Crippen molar-refractivity contribution in [3.05, 3.63) is 65.2 Å². The molecule has 2 N–H and O–H groups in total. The number of hydrogen-bond donors (Lipinski definition) is 2. The Morgan fingerprint density at radius 2 is 1.62 bits per heavy atom. The van der Waals surface area contributed by atoms with Crippen molar-refractivity contribution in [2.24, 2.45) is 5.92 Å². The van der Waals surface area contributed by atoms with Gasteiger partial charge in [-0.3, -0.25) is 9.59 Å². The molecule has 0 saturated heterocycles. The molecule has 184 valence electrons. The van der Waals surface area contributed by atoms with E-state index in [2.05, 4.69) is 10.6 Å². The molecule has 2 amide bonds. The standard InChI is InChI=1S/C24H31N3O6S/c1-16(2)22(26-23(29)18-12-10-17(3)11-13-18)24(30)33-15-21(28)25-14-19-8-6-7-9-20(19)34(31,32)27(4)5/h6-13,16,22H,14-15H2,1-5H3,(H,25,28)(H,26,29)/t22-/m0/s1. The van der Waals surface area contributed by atoms with E-state index >= 15 is 0 Å². The average Bonchev–Trinajstić information content (AvgIpc) is 2.79. The van der Waals surface area contributed by atoms with Crippen LogP contribution in [0.1, 0.15) is 35.3 Å². The molecular formula is C24H31N3O6S. The van der Waals surface area contributed by atoms with Gasteiger partial charge in [0.1, 0.15) is 6.04 Å². The fourth-order valence-electron chi connectivity index (χ4n) is 3.00. The predicted molar refractivity (Wildman–Crippen MR) is 127 cm³/mol. The first kappa shape index (κ1) is 27.0. The summed E-state index contributed by atoms with van der Waals surface area (Å²) in [5.74, 6) is -2.02. The minimum atomic E-state index is -3.68. The summed E-state index contributed by atoms with van der Waals surface area (Å²) >= 11 is 0. The normalized spacial score (nSPS) is 12.3. The Balaban J connectivity index is 1.95. The van der Waals surface area contributed by atoms with Gasteiger partial charge in [-0.25, -0.2) is 17.5 Å². The molecule has 0 unspecified atom stereocenters. The zero-order chi connectivity index (χ0) is 25.5. The van der Waals surface area contributed by atoms with E-state index in [4.69, 9.17) is 4.74 Å². The van der Waals surface area contributed by atoms with E-state index < -0.39 is 40.5 Å². The highest BCUT2D eigenvalue weighted by atomic mass is 32.2. The van der Waals surface area contributed by atoms with Crippen molar-refractivity contribution in [2.75, 3.05) is 20.7 Å². The van der Waals surface area contributed by atoms with Gasteiger partial charge >= 0.3 is 5.97 Å². The number of amides is 2. The summed E-state index contributed by atoms with van der Waals surface area (Å²) in [4.78, 5) is 37.4. The van der Waals surface area contributed by atoms with Crippen LogP contribution in [-0.4, -0.2) is 57.3 Å². The van der Waals surface area contributed by atoms with Crippen LogP contribution in [0.15, 0.2) is 53.4 Å². The summed E-state index contributed by atoms with van der Waals surface area (Å²) < 4.78 is 31.1. The van der Waals surface area contributed by atoms with Crippen molar-refractivity contribution in [1.29, 1.82) is 0 Å². The molecule has 2 aromatic rings. The van der Waals surface area contributed by atoms with Gasteiger partial charge in [-0.15, -0.1) is 0 Å². The number of hydrogen-bond acceptors (Lipinski definition) is 6. The summed E-state index contributed by atoms with van der Waals surface area (Å²) in [5.41, 5.74) is 1.82. The molecule has 10 heteroatoms. The number of benzene rings is 2. The lowest BCUT2D eigenvalue weighted by molar-refractivity contribution is -0.151. The number of ether oxygens (including phenoxy) is 1. The maximum absolute atomic E-state index is 12.5. The third kappa shape index (κ3) is 7.13.